The van der Waals surface area contributed by atoms with Gasteiger partial charge in [0.1, 0.15) is 0 Å². The lowest BCUT2D eigenvalue weighted by molar-refractivity contribution is -0.126. The largest absolute Gasteiger partial charge is 0.353 e. The van der Waals surface area contributed by atoms with Gasteiger partial charge in [-0.3, -0.25) is 4.79 Å². The maximum Gasteiger partial charge on any atom is 0.224 e. The van der Waals surface area contributed by atoms with Crippen molar-refractivity contribution in [2.75, 3.05) is 6.54 Å². The molecule has 0 radical (unpaired) electrons. The molecule has 1 heterocycles. The molecule has 96 valence electrons. The monoisotopic (exact) mass is 248 g/mol. The van der Waals surface area contributed by atoms with Gasteiger partial charge in [0.25, 0.3) is 0 Å². The van der Waals surface area contributed by atoms with Crippen LogP contribution in [0.5, 0.6) is 0 Å². The lowest BCUT2D eigenvalue weighted by Gasteiger charge is -2.22. The Morgan fingerprint density at radius 2 is 2.06 bits per heavy atom. The first-order valence-corrected chi connectivity index (χ1v) is 6.10. The van der Waals surface area contributed by atoms with Gasteiger partial charge in [0.15, 0.2) is 0 Å². The second-order valence-electron chi connectivity index (χ2n) is 4.91. The van der Waals surface area contributed by atoms with Crippen LogP contribution in [0.25, 0.3) is 0 Å². The summed E-state index contributed by atoms with van der Waals surface area (Å²) in [7, 11) is 0. The highest BCUT2D eigenvalue weighted by Gasteiger charge is 2.31. The summed E-state index contributed by atoms with van der Waals surface area (Å²) in [5, 5.41) is 6.49. The van der Waals surface area contributed by atoms with Crippen LogP contribution in [0.2, 0.25) is 0 Å². The second kappa shape index (κ2) is 7.13. The molecule has 1 saturated heterocycles. The van der Waals surface area contributed by atoms with E-state index in [1.165, 1.54) is 0 Å². The molecule has 0 aromatic heterocycles. The van der Waals surface area contributed by atoms with Crippen LogP contribution in [0.1, 0.15) is 40.5 Å². The van der Waals surface area contributed by atoms with Gasteiger partial charge in [-0.05, 0) is 32.2 Å². The molecule has 1 rings (SSSR count). The lowest BCUT2D eigenvalue weighted by Crippen LogP contribution is -2.43. The third-order valence-electron chi connectivity index (χ3n) is 3.49. The van der Waals surface area contributed by atoms with Gasteiger partial charge in [-0.15, -0.1) is 12.4 Å². The molecule has 0 bridgehead atoms. The Morgan fingerprint density at radius 1 is 1.44 bits per heavy atom. The molecule has 1 fully saturated rings. The first-order chi connectivity index (χ1) is 7.06. The molecule has 0 aromatic carbocycles. The Hall–Kier alpha value is -0.280. The first kappa shape index (κ1) is 15.7. The van der Waals surface area contributed by atoms with Gasteiger partial charge in [0, 0.05) is 12.1 Å². The lowest BCUT2D eigenvalue weighted by atomic mass is 9.96. The number of hydrogen-bond donors (Lipinski definition) is 2. The number of carbonyl (C=O) groups excluding carboxylic acids is 1. The average Bonchev–Trinajstić information content (AvgIpc) is 2.64. The van der Waals surface area contributed by atoms with Gasteiger partial charge in [0.05, 0.1) is 5.92 Å². The maximum absolute atomic E-state index is 12.0. The molecular formula is C12H25ClN2O. The fourth-order valence-corrected chi connectivity index (χ4v) is 2.01. The number of amides is 1. The van der Waals surface area contributed by atoms with Crippen molar-refractivity contribution in [3.05, 3.63) is 0 Å². The highest BCUT2D eigenvalue weighted by atomic mass is 35.5. The topological polar surface area (TPSA) is 41.1 Å². The van der Waals surface area contributed by atoms with Crippen molar-refractivity contribution >= 4 is 18.3 Å². The molecular weight excluding hydrogens is 224 g/mol. The normalized spacial score (nSPS) is 26.3. The number of nitrogens with one attached hydrogen (secondary N) is 2. The SMILES string of the molecule is CCC1NCCC1C(=O)NC(C)C(C)C.Cl. The van der Waals surface area contributed by atoms with Crippen molar-refractivity contribution in [1.29, 1.82) is 0 Å². The highest BCUT2D eigenvalue weighted by Crippen LogP contribution is 2.18. The molecule has 1 aliphatic heterocycles. The van der Waals surface area contributed by atoms with E-state index in [9.17, 15) is 4.79 Å². The summed E-state index contributed by atoms with van der Waals surface area (Å²) in [6.45, 7) is 9.46. The Morgan fingerprint density at radius 3 is 2.56 bits per heavy atom. The number of carbonyl (C=O) groups is 1. The van der Waals surface area contributed by atoms with Gasteiger partial charge in [-0.2, -0.15) is 0 Å². The van der Waals surface area contributed by atoms with Crippen molar-refractivity contribution in [2.24, 2.45) is 11.8 Å². The number of rotatable bonds is 4. The van der Waals surface area contributed by atoms with E-state index in [2.05, 4.69) is 38.3 Å². The van der Waals surface area contributed by atoms with Gasteiger partial charge in [-0.1, -0.05) is 20.8 Å². The minimum atomic E-state index is 0. The van der Waals surface area contributed by atoms with Crippen LogP contribution in [0, 0.1) is 11.8 Å². The van der Waals surface area contributed by atoms with Crippen molar-refractivity contribution in [3.8, 4) is 0 Å². The highest BCUT2D eigenvalue weighted by molar-refractivity contribution is 5.85. The van der Waals surface area contributed by atoms with E-state index >= 15 is 0 Å². The van der Waals surface area contributed by atoms with E-state index in [1.807, 2.05) is 0 Å². The van der Waals surface area contributed by atoms with E-state index in [4.69, 9.17) is 0 Å². The van der Waals surface area contributed by atoms with Crippen molar-refractivity contribution in [1.82, 2.24) is 10.6 Å². The summed E-state index contributed by atoms with van der Waals surface area (Å²) in [5.41, 5.74) is 0. The quantitative estimate of drug-likeness (QED) is 0.799. The molecule has 3 atom stereocenters. The predicted octanol–water partition coefficient (Wildman–Crippen LogP) is 1.96. The molecule has 0 aliphatic carbocycles. The molecule has 0 aromatic rings. The van der Waals surface area contributed by atoms with E-state index in [0.717, 1.165) is 19.4 Å². The van der Waals surface area contributed by atoms with Crippen molar-refractivity contribution < 1.29 is 4.79 Å². The molecule has 1 amide bonds. The van der Waals surface area contributed by atoms with Crippen LogP contribution in [-0.2, 0) is 4.79 Å². The molecule has 1 aliphatic rings. The van der Waals surface area contributed by atoms with E-state index in [0.29, 0.717) is 12.0 Å². The second-order valence-corrected chi connectivity index (χ2v) is 4.91. The van der Waals surface area contributed by atoms with Gasteiger partial charge < -0.3 is 10.6 Å². The zero-order valence-corrected chi connectivity index (χ0v) is 11.6. The van der Waals surface area contributed by atoms with Crippen LogP contribution in [0.4, 0.5) is 0 Å². The predicted molar refractivity (Wildman–Crippen MR) is 69.9 cm³/mol. The fraction of sp³-hybridized carbons (Fsp3) is 0.917. The molecule has 2 N–H and O–H groups in total. The van der Waals surface area contributed by atoms with Crippen molar-refractivity contribution in [2.45, 2.75) is 52.6 Å². The Bertz CT molecular complexity index is 221. The standard InChI is InChI=1S/C12H24N2O.ClH/c1-5-11-10(6-7-13-11)12(15)14-9(4)8(2)3;/h8-11,13H,5-7H2,1-4H3,(H,14,15);1H. The maximum atomic E-state index is 12.0. The summed E-state index contributed by atoms with van der Waals surface area (Å²) in [6, 6.07) is 0.653. The summed E-state index contributed by atoms with van der Waals surface area (Å²) >= 11 is 0. The Kier molecular flexibility index (Phi) is 7.00. The van der Waals surface area contributed by atoms with Gasteiger partial charge >= 0.3 is 0 Å². The summed E-state index contributed by atoms with van der Waals surface area (Å²) in [4.78, 5) is 12.0. The zero-order chi connectivity index (χ0) is 11.4. The van der Waals surface area contributed by atoms with Crippen molar-refractivity contribution in [3.63, 3.8) is 0 Å². The van der Waals surface area contributed by atoms with Crippen LogP contribution in [0.15, 0.2) is 0 Å². The summed E-state index contributed by atoms with van der Waals surface area (Å²) in [5.74, 6) is 0.910. The van der Waals surface area contributed by atoms with E-state index in [-0.39, 0.29) is 30.3 Å². The smallest absolute Gasteiger partial charge is 0.224 e. The van der Waals surface area contributed by atoms with E-state index in [1.54, 1.807) is 0 Å². The Labute approximate surface area is 105 Å². The fourth-order valence-electron chi connectivity index (χ4n) is 2.01. The Balaban J connectivity index is 0.00000225. The zero-order valence-electron chi connectivity index (χ0n) is 10.7. The average molecular weight is 249 g/mol. The molecule has 3 nitrogen and oxygen atoms in total. The summed E-state index contributed by atoms with van der Waals surface area (Å²) < 4.78 is 0. The van der Waals surface area contributed by atoms with Crippen LogP contribution in [0.3, 0.4) is 0 Å². The third-order valence-corrected chi connectivity index (χ3v) is 3.49. The molecule has 0 spiro atoms. The first-order valence-electron chi connectivity index (χ1n) is 6.10. The molecule has 4 heteroatoms. The summed E-state index contributed by atoms with van der Waals surface area (Å²) in [6.07, 6.45) is 2.02. The van der Waals surface area contributed by atoms with Crippen LogP contribution in [-0.4, -0.2) is 24.5 Å². The van der Waals surface area contributed by atoms with Gasteiger partial charge in [-0.25, -0.2) is 0 Å². The number of hydrogen-bond acceptors (Lipinski definition) is 2. The van der Waals surface area contributed by atoms with Crippen LogP contribution < -0.4 is 10.6 Å². The van der Waals surface area contributed by atoms with E-state index < -0.39 is 0 Å². The number of halogens is 1. The minimum absolute atomic E-state index is 0. The minimum Gasteiger partial charge on any atom is -0.353 e. The third kappa shape index (κ3) is 3.95. The molecule has 0 saturated carbocycles. The molecule has 16 heavy (non-hydrogen) atoms. The van der Waals surface area contributed by atoms with Gasteiger partial charge in [0.2, 0.25) is 5.91 Å². The van der Waals surface area contributed by atoms with Crippen LogP contribution >= 0.6 is 12.4 Å². The molecule has 3 unspecified atom stereocenters.